The first kappa shape index (κ1) is 26.7. The molecule has 0 bridgehead atoms. The molecular weight excluding hydrogens is 533 g/mol. The van der Waals surface area contributed by atoms with Gasteiger partial charge in [0, 0.05) is 5.69 Å². The van der Waals surface area contributed by atoms with Gasteiger partial charge in [0.25, 0.3) is 17.7 Å². The highest BCUT2D eigenvalue weighted by molar-refractivity contribution is 6.40. The molecule has 1 saturated heterocycles. The highest BCUT2D eigenvalue weighted by atomic mass is 35.5. The molecule has 11 heteroatoms. The Bertz CT molecular complexity index is 1480. The summed E-state index contributed by atoms with van der Waals surface area (Å²) in [6.45, 7) is 3.47. The molecule has 0 spiro atoms. The van der Waals surface area contributed by atoms with Crippen LogP contribution < -0.4 is 20.3 Å². The van der Waals surface area contributed by atoms with Crippen LogP contribution >= 0.6 is 23.2 Å². The van der Waals surface area contributed by atoms with Crippen molar-refractivity contribution in [2.45, 2.75) is 13.8 Å². The van der Waals surface area contributed by atoms with Gasteiger partial charge in [-0.05, 0) is 79.1 Å². The van der Waals surface area contributed by atoms with Gasteiger partial charge in [0.1, 0.15) is 11.3 Å². The molecule has 9 nitrogen and oxygen atoms in total. The zero-order chi connectivity index (χ0) is 27.6. The number of ether oxygens (including phenoxy) is 1. The number of nitrogens with one attached hydrogen (secondary N) is 2. The molecule has 1 fully saturated rings. The summed E-state index contributed by atoms with van der Waals surface area (Å²) in [5, 5.41) is 14.4. The van der Waals surface area contributed by atoms with Gasteiger partial charge in [-0.25, -0.2) is 9.69 Å². The number of hydrogen-bond acceptors (Lipinski definition) is 6. The van der Waals surface area contributed by atoms with E-state index in [9.17, 15) is 24.3 Å². The number of phenols is 1. The van der Waals surface area contributed by atoms with E-state index in [2.05, 4.69) is 10.6 Å². The van der Waals surface area contributed by atoms with Gasteiger partial charge < -0.3 is 15.2 Å². The minimum Gasteiger partial charge on any atom is -0.508 e. The number of anilines is 2. The van der Waals surface area contributed by atoms with Crippen molar-refractivity contribution >= 4 is 64.4 Å². The normalized spacial score (nSPS) is 14.5. The first-order valence-corrected chi connectivity index (χ1v) is 12.0. The summed E-state index contributed by atoms with van der Waals surface area (Å²) < 4.78 is 5.54. The van der Waals surface area contributed by atoms with Crippen molar-refractivity contribution in [2.75, 3.05) is 16.8 Å². The van der Waals surface area contributed by atoms with Crippen molar-refractivity contribution in [3.8, 4) is 11.5 Å². The predicted octanol–water partition coefficient (Wildman–Crippen LogP) is 5.00. The van der Waals surface area contributed by atoms with E-state index < -0.39 is 23.8 Å². The Hall–Kier alpha value is -4.34. The second-order valence-corrected chi connectivity index (χ2v) is 9.19. The molecule has 3 aromatic carbocycles. The van der Waals surface area contributed by atoms with Crippen molar-refractivity contribution in [3.05, 3.63) is 86.9 Å². The number of carbonyl (C=O) groups excluding carboxylic acids is 4. The minimum atomic E-state index is -0.929. The van der Waals surface area contributed by atoms with Gasteiger partial charge in [-0.3, -0.25) is 19.7 Å². The van der Waals surface area contributed by atoms with Crippen molar-refractivity contribution in [1.29, 1.82) is 0 Å². The van der Waals surface area contributed by atoms with Gasteiger partial charge in [-0.2, -0.15) is 0 Å². The van der Waals surface area contributed by atoms with Gasteiger partial charge >= 0.3 is 6.03 Å². The standard InChI is InChI=1S/C27H21Cl2N3O6/c1-14-4-3-5-22(15(14)2)30-23(34)13-38-24-20(28)11-16(12-21(24)29)10-19-25(35)31-27(37)32(26(19)36)17-6-8-18(33)9-7-17/h3-12,33H,13H2,1-2H3,(H,30,34)(H,31,35,37)/b19-10-. The Kier molecular flexibility index (Phi) is 7.70. The van der Waals surface area contributed by atoms with Gasteiger partial charge in [0.2, 0.25) is 0 Å². The topological polar surface area (TPSA) is 125 Å². The number of amides is 5. The van der Waals surface area contributed by atoms with Crippen LogP contribution in [0, 0.1) is 13.8 Å². The highest BCUT2D eigenvalue weighted by Gasteiger charge is 2.36. The number of benzene rings is 3. The average Bonchev–Trinajstić information content (AvgIpc) is 2.85. The number of imide groups is 2. The molecule has 38 heavy (non-hydrogen) atoms. The van der Waals surface area contributed by atoms with E-state index in [0.29, 0.717) is 5.69 Å². The van der Waals surface area contributed by atoms with E-state index in [1.165, 1.54) is 42.5 Å². The molecule has 0 atom stereocenters. The van der Waals surface area contributed by atoms with Crippen LogP contribution in [0.25, 0.3) is 6.08 Å². The molecule has 4 rings (SSSR count). The van der Waals surface area contributed by atoms with Crippen LogP contribution in [0.1, 0.15) is 16.7 Å². The number of nitrogens with zero attached hydrogens (tertiary/aromatic N) is 1. The monoisotopic (exact) mass is 553 g/mol. The number of halogens is 2. The summed E-state index contributed by atoms with van der Waals surface area (Å²) in [7, 11) is 0. The number of rotatable bonds is 6. The third kappa shape index (κ3) is 5.64. The van der Waals surface area contributed by atoms with Crippen molar-refractivity contribution in [3.63, 3.8) is 0 Å². The summed E-state index contributed by atoms with van der Waals surface area (Å²) in [6.07, 6.45) is 1.23. The first-order valence-electron chi connectivity index (χ1n) is 11.2. The van der Waals surface area contributed by atoms with Gasteiger partial charge in [-0.1, -0.05) is 35.3 Å². The van der Waals surface area contributed by atoms with Crippen LogP contribution in [0.4, 0.5) is 16.2 Å². The second kappa shape index (κ2) is 11.0. The van der Waals surface area contributed by atoms with Crippen LogP contribution in [0.5, 0.6) is 11.5 Å². The molecule has 3 aromatic rings. The number of phenolic OH excluding ortho intramolecular Hbond substituents is 1. The van der Waals surface area contributed by atoms with E-state index in [1.54, 1.807) is 6.07 Å². The Labute approximate surface area is 227 Å². The lowest BCUT2D eigenvalue weighted by Crippen LogP contribution is -2.54. The number of aryl methyl sites for hydroxylation is 1. The summed E-state index contributed by atoms with van der Waals surface area (Å²) >= 11 is 12.7. The second-order valence-electron chi connectivity index (χ2n) is 8.37. The molecule has 0 unspecified atom stereocenters. The first-order chi connectivity index (χ1) is 18.0. The fraction of sp³-hybridized carbons (Fsp3) is 0.111. The van der Waals surface area contributed by atoms with E-state index >= 15 is 0 Å². The van der Waals surface area contributed by atoms with Gasteiger partial charge in [-0.15, -0.1) is 0 Å². The maximum absolute atomic E-state index is 13.0. The lowest BCUT2D eigenvalue weighted by molar-refractivity contribution is -0.122. The average molecular weight is 554 g/mol. The molecule has 5 amide bonds. The van der Waals surface area contributed by atoms with Crippen LogP contribution in [-0.2, 0) is 14.4 Å². The number of aromatic hydroxyl groups is 1. The molecule has 0 saturated carbocycles. The molecule has 0 aromatic heterocycles. The number of hydrogen-bond donors (Lipinski definition) is 3. The molecule has 194 valence electrons. The summed E-state index contributed by atoms with van der Waals surface area (Å²) in [4.78, 5) is 51.0. The fourth-order valence-corrected chi connectivity index (χ4v) is 4.28. The smallest absolute Gasteiger partial charge is 0.335 e. The van der Waals surface area contributed by atoms with Crippen LogP contribution in [0.2, 0.25) is 10.0 Å². The maximum atomic E-state index is 13.0. The third-order valence-corrected chi connectivity index (χ3v) is 6.33. The molecule has 1 heterocycles. The molecule has 1 aliphatic rings. The van der Waals surface area contributed by atoms with Gasteiger partial charge in [0.05, 0.1) is 15.7 Å². The number of urea groups is 1. The van der Waals surface area contributed by atoms with Crippen molar-refractivity contribution < 1.29 is 29.0 Å². The van der Waals surface area contributed by atoms with Crippen LogP contribution in [-0.4, -0.2) is 35.5 Å². The van der Waals surface area contributed by atoms with E-state index in [1.807, 2.05) is 26.0 Å². The minimum absolute atomic E-state index is 0.0408. The van der Waals surface area contributed by atoms with Crippen LogP contribution in [0.3, 0.4) is 0 Å². The predicted molar refractivity (Wildman–Crippen MR) is 144 cm³/mol. The molecular formula is C27H21Cl2N3O6. The van der Waals surface area contributed by atoms with E-state index in [0.717, 1.165) is 16.0 Å². The Balaban J connectivity index is 1.52. The molecule has 1 aliphatic heterocycles. The molecule has 0 radical (unpaired) electrons. The molecule has 3 N–H and O–H groups in total. The highest BCUT2D eigenvalue weighted by Crippen LogP contribution is 2.35. The largest absolute Gasteiger partial charge is 0.508 e. The summed E-state index contributed by atoms with van der Waals surface area (Å²) in [6, 6.07) is 12.7. The third-order valence-electron chi connectivity index (χ3n) is 5.77. The fourth-order valence-electron chi connectivity index (χ4n) is 3.67. The quantitative estimate of drug-likeness (QED) is 0.291. The van der Waals surface area contributed by atoms with Crippen molar-refractivity contribution in [1.82, 2.24) is 5.32 Å². The Morgan fingerprint density at radius 1 is 1.05 bits per heavy atom. The zero-order valence-corrected chi connectivity index (χ0v) is 21.7. The maximum Gasteiger partial charge on any atom is 0.335 e. The summed E-state index contributed by atoms with van der Waals surface area (Å²) in [5.74, 6) is -2.20. The van der Waals surface area contributed by atoms with E-state index in [-0.39, 0.29) is 45.0 Å². The Morgan fingerprint density at radius 2 is 1.71 bits per heavy atom. The summed E-state index contributed by atoms with van der Waals surface area (Å²) in [5.41, 5.74) is 2.72. The van der Waals surface area contributed by atoms with E-state index in [4.69, 9.17) is 27.9 Å². The Morgan fingerprint density at radius 3 is 2.37 bits per heavy atom. The SMILES string of the molecule is Cc1cccc(NC(=O)COc2c(Cl)cc(/C=C3/C(=O)NC(=O)N(c4ccc(O)cc4)C3=O)cc2Cl)c1C. The molecule has 0 aliphatic carbocycles. The number of barbiturate groups is 1. The van der Waals surface area contributed by atoms with Gasteiger partial charge in [0.15, 0.2) is 12.4 Å². The lowest BCUT2D eigenvalue weighted by Gasteiger charge is -2.26. The zero-order valence-electron chi connectivity index (χ0n) is 20.2. The number of carbonyl (C=O) groups is 4. The lowest BCUT2D eigenvalue weighted by atomic mass is 10.1. The van der Waals surface area contributed by atoms with Crippen molar-refractivity contribution in [2.24, 2.45) is 0 Å². The van der Waals surface area contributed by atoms with Crippen LogP contribution in [0.15, 0.2) is 60.2 Å².